The topological polar surface area (TPSA) is 55.4 Å². The van der Waals surface area contributed by atoms with Crippen molar-refractivity contribution in [1.29, 1.82) is 0 Å². The summed E-state index contributed by atoms with van der Waals surface area (Å²) in [7, 11) is 0. The van der Waals surface area contributed by atoms with Crippen molar-refractivity contribution in [2.24, 2.45) is 0 Å². The molecule has 1 aromatic heterocycles. The Hall–Kier alpha value is -1.66. The van der Waals surface area contributed by atoms with E-state index in [1.54, 1.807) is 6.92 Å². The smallest absolute Gasteiger partial charge is 0.341 e. The minimum absolute atomic E-state index is 0.173. The van der Waals surface area contributed by atoms with Crippen molar-refractivity contribution in [3.8, 4) is 10.4 Å². The van der Waals surface area contributed by atoms with Gasteiger partial charge >= 0.3 is 5.97 Å². The third-order valence-electron chi connectivity index (χ3n) is 3.04. The van der Waals surface area contributed by atoms with Crippen LogP contribution in [0.25, 0.3) is 10.4 Å². The first kappa shape index (κ1) is 16.7. The van der Waals surface area contributed by atoms with E-state index in [9.17, 15) is 9.59 Å². The van der Waals surface area contributed by atoms with Gasteiger partial charge in [-0.2, -0.15) is 0 Å². The quantitative estimate of drug-likeness (QED) is 0.622. The zero-order chi connectivity index (χ0) is 16.1. The van der Waals surface area contributed by atoms with Crippen LogP contribution in [0.4, 0.5) is 5.00 Å². The molecule has 0 atom stereocenters. The largest absolute Gasteiger partial charge is 0.462 e. The van der Waals surface area contributed by atoms with Crippen molar-refractivity contribution in [3.05, 3.63) is 41.5 Å². The van der Waals surface area contributed by atoms with Gasteiger partial charge in [0.15, 0.2) is 0 Å². The minimum Gasteiger partial charge on any atom is -0.462 e. The third kappa shape index (κ3) is 3.56. The van der Waals surface area contributed by atoms with Crippen LogP contribution in [0, 0.1) is 6.92 Å². The van der Waals surface area contributed by atoms with Crippen LogP contribution < -0.4 is 5.32 Å². The highest BCUT2D eigenvalue weighted by Crippen LogP contribution is 2.40. The molecule has 1 heterocycles. The van der Waals surface area contributed by atoms with Crippen molar-refractivity contribution in [1.82, 2.24) is 0 Å². The first-order valence-corrected chi connectivity index (χ1v) is 8.74. The summed E-state index contributed by atoms with van der Waals surface area (Å²) < 4.78 is 5.12. The van der Waals surface area contributed by atoms with Crippen LogP contribution in [0.3, 0.4) is 0 Å². The van der Waals surface area contributed by atoms with E-state index in [-0.39, 0.29) is 11.2 Å². The van der Waals surface area contributed by atoms with Gasteiger partial charge in [-0.15, -0.1) is 11.3 Å². The number of carbonyl (C=O) groups is 2. The Balaban J connectivity index is 2.51. The molecule has 1 aromatic carbocycles. The number of carbonyl (C=O) groups excluding carboxylic acids is 2. The van der Waals surface area contributed by atoms with E-state index in [1.807, 2.05) is 37.3 Å². The summed E-state index contributed by atoms with van der Waals surface area (Å²) in [6, 6.07) is 9.77. The second-order valence-electron chi connectivity index (χ2n) is 4.53. The number of thiophene rings is 1. The van der Waals surface area contributed by atoms with E-state index in [0.717, 1.165) is 16.0 Å². The maximum atomic E-state index is 12.2. The van der Waals surface area contributed by atoms with Crippen LogP contribution in [-0.2, 0) is 9.53 Å². The molecule has 0 radical (unpaired) electrons. The summed E-state index contributed by atoms with van der Waals surface area (Å²) in [5.74, 6) is -0.616. The molecule has 0 bridgehead atoms. The Morgan fingerprint density at radius 3 is 2.55 bits per heavy atom. The van der Waals surface area contributed by atoms with E-state index >= 15 is 0 Å². The molecule has 0 aliphatic heterocycles. The van der Waals surface area contributed by atoms with Crippen molar-refractivity contribution < 1.29 is 14.3 Å². The van der Waals surface area contributed by atoms with Gasteiger partial charge in [0.05, 0.1) is 17.5 Å². The molecule has 0 saturated carbocycles. The Bertz CT molecular complexity index is 682. The van der Waals surface area contributed by atoms with Gasteiger partial charge in [0, 0.05) is 4.88 Å². The predicted molar refractivity (Wildman–Crippen MR) is 92.9 cm³/mol. The summed E-state index contributed by atoms with van der Waals surface area (Å²) in [6.07, 6.45) is 0. The van der Waals surface area contributed by atoms with Gasteiger partial charge < -0.3 is 10.1 Å². The summed E-state index contributed by atoms with van der Waals surface area (Å²) in [5, 5.41) is 3.46. The molecule has 1 N–H and O–H groups in total. The number of alkyl halides is 1. The van der Waals surface area contributed by atoms with Crippen LogP contribution in [-0.4, -0.2) is 23.8 Å². The Morgan fingerprint density at radius 2 is 1.95 bits per heavy atom. The van der Waals surface area contributed by atoms with Gasteiger partial charge in [-0.05, 0) is 25.0 Å². The lowest BCUT2D eigenvalue weighted by Gasteiger charge is -2.05. The number of anilines is 1. The van der Waals surface area contributed by atoms with Gasteiger partial charge in [-0.1, -0.05) is 46.3 Å². The highest BCUT2D eigenvalue weighted by molar-refractivity contribution is 9.09. The monoisotopic (exact) mass is 381 g/mol. The summed E-state index contributed by atoms with van der Waals surface area (Å²) in [5.41, 5.74) is 2.26. The lowest BCUT2D eigenvalue weighted by Crippen LogP contribution is -2.15. The molecule has 4 nitrogen and oxygen atoms in total. The molecule has 2 rings (SSSR count). The predicted octanol–water partition coefficient (Wildman–Crippen LogP) is 4.23. The zero-order valence-electron chi connectivity index (χ0n) is 12.3. The normalized spacial score (nSPS) is 10.3. The number of nitrogens with one attached hydrogen (secondary N) is 1. The zero-order valence-corrected chi connectivity index (χ0v) is 14.7. The standard InChI is InChI=1S/C16H16BrNO3S/c1-3-21-16(20)13-10(2)14(11-7-5-4-6-8-11)22-15(13)18-12(19)9-17/h4-8H,3,9H2,1-2H3,(H,18,19). The van der Waals surface area contributed by atoms with E-state index in [1.165, 1.54) is 11.3 Å². The molecule has 116 valence electrons. The first-order chi connectivity index (χ1) is 10.6. The van der Waals surface area contributed by atoms with Gasteiger partial charge in [0.2, 0.25) is 5.91 Å². The Morgan fingerprint density at radius 1 is 1.27 bits per heavy atom. The van der Waals surface area contributed by atoms with E-state index < -0.39 is 5.97 Å². The number of benzene rings is 1. The van der Waals surface area contributed by atoms with Crippen LogP contribution in [0.2, 0.25) is 0 Å². The number of esters is 1. The van der Waals surface area contributed by atoms with Crippen LogP contribution in [0.5, 0.6) is 0 Å². The fourth-order valence-electron chi connectivity index (χ4n) is 2.08. The van der Waals surface area contributed by atoms with Gasteiger partial charge in [-0.25, -0.2) is 4.79 Å². The molecule has 0 saturated heterocycles. The fraction of sp³-hybridized carbons (Fsp3) is 0.250. The van der Waals surface area contributed by atoms with Crippen molar-refractivity contribution in [3.63, 3.8) is 0 Å². The summed E-state index contributed by atoms with van der Waals surface area (Å²) >= 11 is 4.49. The lowest BCUT2D eigenvalue weighted by molar-refractivity contribution is -0.113. The number of amides is 1. The number of halogens is 1. The summed E-state index contributed by atoms with van der Waals surface area (Å²) in [4.78, 5) is 24.8. The van der Waals surface area contributed by atoms with E-state index in [2.05, 4.69) is 21.2 Å². The third-order valence-corrected chi connectivity index (χ3v) is 4.80. The maximum Gasteiger partial charge on any atom is 0.341 e. The van der Waals surface area contributed by atoms with Crippen molar-refractivity contribution in [2.75, 3.05) is 17.3 Å². The molecule has 0 unspecified atom stereocenters. The van der Waals surface area contributed by atoms with Gasteiger partial charge in [0.25, 0.3) is 0 Å². The molecular weight excluding hydrogens is 366 g/mol. The number of hydrogen-bond donors (Lipinski definition) is 1. The first-order valence-electron chi connectivity index (χ1n) is 6.80. The molecule has 0 aliphatic rings. The second kappa shape index (κ2) is 7.56. The molecule has 2 aromatic rings. The molecule has 0 spiro atoms. The molecular formula is C16H16BrNO3S. The molecule has 6 heteroatoms. The molecule has 1 amide bonds. The number of ether oxygens (including phenoxy) is 1. The van der Waals surface area contributed by atoms with Crippen LogP contribution in [0.15, 0.2) is 30.3 Å². The minimum atomic E-state index is -0.414. The number of hydrogen-bond acceptors (Lipinski definition) is 4. The molecule has 0 fully saturated rings. The Kier molecular flexibility index (Phi) is 5.74. The Labute approximate surface area is 141 Å². The number of rotatable bonds is 5. The van der Waals surface area contributed by atoms with Crippen molar-refractivity contribution >= 4 is 44.1 Å². The van der Waals surface area contributed by atoms with Gasteiger partial charge in [0.1, 0.15) is 5.00 Å². The second-order valence-corrected chi connectivity index (χ2v) is 6.11. The molecule has 22 heavy (non-hydrogen) atoms. The van der Waals surface area contributed by atoms with E-state index in [0.29, 0.717) is 17.2 Å². The van der Waals surface area contributed by atoms with E-state index in [4.69, 9.17) is 4.74 Å². The highest BCUT2D eigenvalue weighted by Gasteiger charge is 2.23. The fourth-order valence-corrected chi connectivity index (χ4v) is 3.43. The molecule has 0 aliphatic carbocycles. The SMILES string of the molecule is CCOC(=O)c1c(NC(=O)CBr)sc(-c2ccccc2)c1C. The highest BCUT2D eigenvalue weighted by atomic mass is 79.9. The van der Waals surface area contributed by atoms with Gasteiger partial charge in [-0.3, -0.25) is 4.79 Å². The van der Waals surface area contributed by atoms with Crippen LogP contribution in [0.1, 0.15) is 22.8 Å². The average Bonchev–Trinajstić information content (AvgIpc) is 2.84. The maximum absolute atomic E-state index is 12.2. The summed E-state index contributed by atoms with van der Waals surface area (Å²) in [6.45, 7) is 3.92. The van der Waals surface area contributed by atoms with Crippen LogP contribution >= 0.6 is 27.3 Å². The van der Waals surface area contributed by atoms with Crippen molar-refractivity contribution in [2.45, 2.75) is 13.8 Å². The lowest BCUT2D eigenvalue weighted by atomic mass is 10.1. The average molecular weight is 382 g/mol.